The molecule has 1 N–H and O–H groups in total. The van der Waals surface area contributed by atoms with Gasteiger partial charge < -0.3 is 5.11 Å². The highest BCUT2D eigenvalue weighted by atomic mass is 35.5. The minimum atomic E-state index is -0.340. The van der Waals surface area contributed by atoms with E-state index < -0.39 is 0 Å². The monoisotopic (exact) mass is 292 g/mol. The Hall–Kier alpha value is -0.960. The normalized spacial score (nSPS) is 12.4. The van der Waals surface area contributed by atoms with E-state index in [-0.39, 0.29) is 6.10 Å². The van der Waals surface area contributed by atoms with E-state index in [1.165, 1.54) is 10.5 Å². The fourth-order valence-electron chi connectivity index (χ4n) is 1.78. The largest absolute Gasteiger partial charge is 0.392 e. The molecule has 0 fully saturated rings. The van der Waals surface area contributed by atoms with Crippen LogP contribution >= 0.6 is 23.4 Å². The van der Waals surface area contributed by atoms with Gasteiger partial charge in [-0.05, 0) is 43.2 Å². The molecule has 0 radical (unpaired) electrons. The molecule has 0 aliphatic carbocycles. The lowest BCUT2D eigenvalue weighted by molar-refractivity contribution is 0.200. The zero-order chi connectivity index (χ0) is 13.7. The Bertz CT molecular complexity index is 507. The Labute approximate surface area is 123 Å². The average Bonchev–Trinajstić information content (AvgIpc) is 2.41. The molecule has 0 heterocycles. The lowest BCUT2D eigenvalue weighted by Crippen LogP contribution is -2.13. The molecule has 2 rings (SSSR count). The highest BCUT2D eigenvalue weighted by Crippen LogP contribution is 2.20. The van der Waals surface area contributed by atoms with Crippen LogP contribution in [-0.4, -0.2) is 17.0 Å². The van der Waals surface area contributed by atoms with Gasteiger partial charge in [-0.1, -0.05) is 41.4 Å². The van der Waals surface area contributed by atoms with Crippen molar-refractivity contribution in [3.8, 4) is 0 Å². The smallest absolute Gasteiger partial charge is 0.0674 e. The predicted molar refractivity (Wildman–Crippen MR) is 83.1 cm³/mol. The Morgan fingerprint density at radius 2 is 1.68 bits per heavy atom. The second kappa shape index (κ2) is 6.99. The van der Waals surface area contributed by atoms with Crippen molar-refractivity contribution in [3.63, 3.8) is 0 Å². The lowest BCUT2D eigenvalue weighted by Gasteiger charge is -2.10. The number of halogens is 1. The highest BCUT2D eigenvalue weighted by molar-refractivity contribution is 7.99. The van der Waals surface area contributed by atoms with Crippen molar-refractivity contribution in [1.82, 2.24) is 0 Å². The van der Waals surface area contributed by atoms with Gasteiger partial charge in [0.1, 0.15) is 0 Å². The molecule has 0 spiro atoms. The third-order valence-corrected chi connectivity index (χ3v) is 4.26. The molecule has 100 valence electrons. The van der Waals surface area contributed by atoms with Crippen LogP contribution in [0.5, 0.6) is 0 Å². The van der Waals surface area contributed by atoms with Crippen LogP contribution in [-0.2, 0) is 6.42 Å². The van der Waals surface area contributed by atoms with Crippen molar-refractivity contribution in [2.45, 2.75) is 24.3 Å². The van der Waals surface area contributed by atoms with Crippen LogP contribution in [0.4, 0.5) is 0 Å². The fraction of sp³-hybridized carbons (Fsp3) is 0.250. The maximum absolute atomic E-state index is 10.0. The number of hydrogen-bond acceptors (Lipinski definition) is 2. The van der Waals surface area contributed by atoms with Crippen molar-refractivity contribution < 1.29 is 5.11 Å². The van der Waals surface area contributed by atoms with Crippen LogP contribution in [0.3, 0.4) is 0 Å². The average molecular weight is 293 g/mol. The number of hydrogen-bond donors (Lipinski definition) is 1. The van der Waals surface area contributed by atoms with E-state index in [9.17, 15) is 5.11 Å². The van der Waals surface area contributed by atoms with Gasteiger partial charge in [-0.3, -0.25) is 0 Å². The van der Waals surface area contributed by atoms with Gasteiger partial charge in [-0.15, -0.1) is 11.8 Å². The second-order valence-electron chi connectivity index (χ2n) is 4.61. The Morgan fingerprint density at radius 1 is 1.05 bits per heavy atom. The van der Waals surface area contributed by atoms with Gasteiger partial charge in [0.25, 0.3) is 0 Å². The molecule has 0 bridgehead atoms. The summed E-state index contributed by atoms with van der Waals surface area (Å²) in [7, 11) is 0. The molecule has 2 aromatic rings. The van der Waals surface area contributed by atoms with Gasteiger partial charge in [-0.25, -0.2) is 0 Å². The Kier molecular flexibility index (Phi) is 5.32. The van der Waals surface area contributed by atoms with E-state index in [2.05, 4.69) is 31.2 Å². The molecule has 1 atom stereocenters. The number of aryl methyl sites for hydroxylation is 1. The molecule has 1 unspecified atom stereocenters. The first kappa shape index (κ1) is 14.4. The van der Waals surface area contributed by atoms with E-state index in [1.54, 1.807) is 11.8 Å². The zero-order valence-corrected chi connectivity index (χ0v) is 12.4. The third-order valence-electron chi connectivity index (χ3n) is 2.85. The lowest BCUT2D eigenvalue weighted by atomic mass is 10.1. The molecule has 2 aromatic carbocycles. The van der Waals surface area contributed by atoms with Crippen LogP contribution in [0.1, 0.15) is 11.1 Å². The molecule has 0 saturated carbocycles. The van der Waals surface area contributed by atoms with Crippen LogP contribution in [0, 0.1) is 6.92 Å². The molecule has 0 aliphatic rings. The number of aliphatic hydroxyl groups excluding tert-OH is 1. The molecule has 0 amide bonds. The topological polar surface area (TPSA) is 20.2 Å². The molecular formula is C16H17ClOS. The quantitative estimate of drug-likeness (QED) is 0.827. The first-order chi connectivity index (χ1) is 9.13. The number of thioether (sulfide) groups is 1. The summed E-state index contributed by atoms with van der Waals surface area (Å²) in [6, 6.07) is 16.0. The van der Waals surface area contributed by atoms with Gasteiger partial charge in [-0.2, -0.15) is 0 Å². The first-order valence-corrected chi connectivity index (χ1v) is 7.62. The maximum Gasteiger partial charge on any atom is 0.0674 e. The minimum Gasteiger partial charge on any atom is -0.392 e. The third kappa shape index (κ3) is 4.90. The van der Waals surface area contributed by atoms with Crippen molar-refractivity contribution in [2.24, 2.45) is 0 Å². The number of aliphatic hydroxyl groups is 1. The van der Waals surface area contributed by atoms with Crippen molar-refractivity contribution in [2.75, 3.05) is 5.75 Å². The zero-order valence-electron chi connectivity index (χ0n) is 10.8. The van der Waals surface area contributed by atoms with E-state index in [4.69, 9.17) is 11.6 Å². The Balaban J connectivity index is 1.82. The highest BCUT2D eigenvalue weighted by Gasteiger charge is 2.06. The summed E-state index contributed by atoms with van der Waals surface area (Å²) in [6.07, 6.45) is 0.322. The van der Waals surface area contributed by atoms with E-state index in [1.807, 2.05) is 24.3 Å². The summed E-state index contributed by atoms with van der Waals surface area (Å²) in [5, 5.41) is 10.8. The van der Waals surface area contributed by atoms with E-state index >= 15 is 0 Å². The number of rotatable bonds is 5. The van der Waals surface area contributed by atoms with Crippen LogP contribution in [0.15, 0.2) is 53.4 Å². The van der Waals surface area contributed by atoms with Gasteiger partial charge in [0.05, 0.1) is 6.10 Å². The first-order valence-electron chi connectivity index (χ1n) is 6.25. The Morgan fingerprint density at radius 3 is 2.32 bits per heavy atom. The number of benzene rings is 2. The summed E-state index contributed by atoms with van der Waals surface area (Å²) in [6.45, 7) is 2.07. The summed E-state index contributed by atoms with van der Waals surface area (Å²) < 4.78 is 0. The minimum absolute atomic E-state index is 0.340. The van der Waals surface area contributed by atoms with Crippen LogP contribution < -0.4 is 0 Å². The van der Waals surface area contributed by atoms with Crippen LogP contribution in [0.2, 0.25) is 5.02 Å². The SMILES string of the molecule is Cc1ccc(SCC(O)Cc2ccc(Cl)cc2)cc1. The van der Waals surface area contributed by atoms with Crippen molar-refractivity contribution in [1.29, 1.82) is 0 Å². The molecule has 0 aromatic heterocycles. The van der Waals surface area contributed by atoms with Gasteiger partial charge >= 0.3 is 0 Å². The maximum atomic E-state index is 10.0. The second-order valence-corrected chi connectivity index (χ2v) is 6.14. The van der Waals surface area contributed by atoms with Gasteiger partial charge in [0.15, 0.2) is 0 Å². The molecule has 3 heteroatoms. The molecule has 0 aliphatic heterocycles. The predicted octanol–water partition coefficient (Wildman–Crippen LogP) is 4.34. The van der Waals surface area contributed by atoms with Crippen molar-refractivity contribution >= 4 is 23.4 Å². The standard InChI is InChI=1S/C16H17ClOS/c1-12-2-8-16(9-3-12)19-11-15(18)10-13-4-6-14(17)7-5-13/h2-9,15,18H,10-11H2,1H3. The summed E-state index contributed by atoms with van der Waals surface area (Å²) in [5.41, 5.74) is 2.37. The fourth-order valence-corrected chi connectivity index (χ4v) is 2.74. The van der Waals surface area contributed by atoms with Crippen molar-refractivity contribution in [3.05, 3.63) is 64.7 Å². The summed E-state index contributed by atoms with van der Waals surface area (Å²) in [5.74, 6) is 0.700. The van der Waals surface area contributed by atoms with Gasteiger partial charge in [0.2, 0.25) is 0 Å². The van der Waals surface area contributed by atoms with Crippen LogP contribution in [0.25, 0.3) is 0 Å². The molecule has 0 saturated heterocycles. The van der Waals surface area contributed by atoms with E-state index in [0.717, 1.165) is 10.6 Å². The summed E-state index contributed by atoms with van der Waals surface area (Å²) in [4.78, 5) is 1.20. The molecule has 19 heavy (non-hydrogen) atoms. The van der Waals surface area contributed by atoms with Gasteiger partial charge in [0, 0.05) is 15.7 Å². The van der Waals surface area contributed by atoms with E-state index in [0.29, 0.717) is 12.2 Å². The summed E-state index contributed by atoms with van der Waals surface area (Å²) >= 11 is 7.52. The molecule has 1 nitrogen and oxygen atoms in total. The molecular weight excluding hydrogens is 276 g/mol.